The van der Waals surface area contributed by atoms with Crippen molar-refractivity contribution in [3.8, 4) is 0 Å². The van der Waals surface area contributed by atoms with Crippen molar-refractivity contribution in [1.29, 1.82) is 0 Å². The van der Waals surface area contributed by atoms with E-state index in [4.69, 9.17) is 0 Å². The summed E-state index contributed by atoms with van der Waals surface area (Å²) in [4.78, 5) is 0. The molecule has 88 valence electrons. The standard InChI is InChI=1S/C14H26O/c1-6-11(2)14(5,15)12-8-7-9-13(3,4)10-12/h8,11,15H,6-7,9-10H2,1-5H3. The molecule has 1 nitrogen and oxygen atoms in total. The molecule has 1 aliphatic rings. The third-order valence-electron chi connectivity index (χ3n) is 4.10. The van der Waals surface area contributed by atoms with Crippen molar-refractivity contribution >= 4 is 0 Å². The van der Waals surface area contributed by atoms with E-state index in [2.05, 4.69) is 33.8 Å². The fourth-order valence-corrected chi connectivity index (χ4v) is 2.41. The SMILES string of the molecule is CCC(C)C(C)(O)C1=CCCC(C)(C)C1. The molecule has 2 unspecified atom stereocenters. The average Bonchev–Trinajstić information content (AvgIpc) is 2.15. The molecule has 0 aromatic rings. The summed E-state index contributed by atoms with van der Waals surface area (Å²) in [7, 11) is 0. The van der Waals surface area contributed by atoms with Crippen LogP contribution in [-0.2, 0) is 0 Å². The zero-order chi connectivity index (χ0) is 11.7. The lowest BCUT2D eigenvalue weighted by Gasteiger charge is -2.39. The molecule has 0 saturated carbocycles. The summed E-state index contributed by atoms with van der Waals surface area (Å²) in [5, 5.41) is 10.6. The molecule has 0 amide bonds. The van der Waals surface area contributed by atoms with Gasteiger partial charge in [0, 0.05) is 0 Å². The summed E-state index contributed by atoms with van der Waals surface area (Å²) in [5.41, 5.74) is 1.02. The van der Waals surface area contributed by atoms with Crippen LogP contribution in [0.2, 0.25) is 0 Å². The highest BCUT2D eigenvalue weighted by Crippen LogP contribution is 2.41. The second kappa shape index (κ2) is 4.29. The smallest absolute Gasteiger partial charge is 0.0854 e. The van der Waals surface area contributed by atoms with Gasteiger partial charge in [0.05, 0.1) is 5.60 Å². The minimum Gasteiger partial charge on any atom is -0.386 e. The number of rotatable bonds is 3. The monoisotopic (exact) mass is 210 g/mol. The van der Waals surface area contributed by atoms with Gasteiger partial charge in [0.15, 0.2) is 0 Å². The quantitative estimate of drug-likeness (QED) is 0.700. The van der Waals surface area contributed by atoms with Crippen molar-refractivity contribution < 1.29 is 5.11 Å². The summed E-state index contributed by atoms with van der Waals surface area (Å²) in [6.07, 6.45) is 6.70. The van der Waals surface area contributed by atoms with E-state index < -0.39 is 5.60 Å². The van der Waals surface area contributed by atoms with Crippen LogP contribution in [-0.4, -0.2) is 10.7 Å². The predicted octanol–water partition coefficient (Wildman–Crippen LogP) is 3.92. The van der Waals surface area contributed by atoms with Gasteiger partial charge in [0.1, 0.15) is 0 Å². The molecule has 0 aliphatic heterocycles. The Morgan fingerprint density at radius 2 is 2.13 bits per heavy atom. The van der Waals surface area contributed by atoms with Crippen molar-refractivity contribution in [3.05, 3.63) is 11.6 Å². The normalized spacial score (nSPS) is 26.7. The lowest BCUT2D eigenvalue weighted by molar-refractivity contribution is 0.0298. The predicted molar refractivity (Wildman–Crippen MR) is 65.8 cm³/mol. The van der Waals surface area contributed by atoms with E-state index in [1.54, 1.807) is 0 Å². The molecule has 0 aromatic heterocycles. The molecule has 0 heterocycles. The maximum Gasteiger partial charge on any atom is 0.0854 e. The lowest BCUT2D eigenvalue weighted by atomic mass is 9.70. The Morgan fingerprint density at radius 1 is 1.53 bits per heavy atom. The van der Waals surface area contributed by atoms with E-state index in [1.165, 1.54) is 12.0 Å². The maximum atomic E-state index is 10.6. The second-order valence-corrected chi connectivity index (χ2v) is 6.07. The van der Waals surface area contributed by atoms with Crippen LogP contribution >= 0.6 is 0 Å². The maximum absolute atomic E-state index is 10.6. The number of aliphatic hydroxyl groups is 1. The molecule has 1 aliphatic carbocycles. The summed E-state index contributed by atoms with van der Waals surface area (Å²) in [6, 6.07) is 0. The fourth-order valence-electron chi connectivity index (χ4n) is 2.41. The third-order valence-corrected chi connectivity index (χ3v) is 4.10. The molecule has 15 heavy (non-hydrogen) atoms. The van der Waals surface area contributed by atoms with Gasteiger partial charge in [0.2, 0.25) is 0 Å². The van der Waals surface area contributed by atoms with Crippen LogP contribution in [0.3, 0.4) is 0 Å². The molecular formula is C14H26O. The summed E-state index contributed by atoms with van der Waals surface area (Å²) in [5.74, 6) is 0.345. The molecule has 1 heteroatoms. The molecule has 0 radical (unpaired) electrons. The van der Waals surface area contributed by atoms with Gasteiger partial charge >= 0.3 is 0 Å². The van der Waals surface area contributed by atoms with Gasteiger partial charge in [-0.1, -0.05) is 40.2 Å². The van der Waals surface area contributed by atoms with Crippen LogP contribution in [0.4, 0.5) is 0 Å². The van der Waals surface area contributed by atoms with Crippen molar-refractivity contribution in [2.24, 2.45) is 11.3 Å². The molecule has 1 rings (SSSR count). The van der Waals surface area contributed by atoms with Crippen molar-refractivity contribution in [1.82, 2.24) is 0 Å². The Morgan fingerprint density at radius 3 is 2.60 bits per heavy atom. The van der Waals surface area contributed by atoms with Gasteiger partial charge < -0.3 is 5.11 Å². The van der Waals surface area contributed by atoms with E-state index in [1.807, 2.05) is 6.92 Å². The zero-order valence-electron chi connectivity index (χ0n) is 10.9. The molecule has 2 atom stereocenters. The van der Waals surface area contributed by atoms with Crippen LogP contribution in [0.15, 0.2) is 11.6 Å². The Balaban J connectivity index is 2.83. The number of hydrogen-bond donors (Lipinski definition) is 1. The van der Waals surface area contributed by atoms with E-state index in [0.717, 1.165) is 19.3 Å². The fraction of sp³-hybridized carbons (Fsp3) is 0.857. The van der Waals surface area contributed by atoms with Crippen LogP contribution in [0.1, 0.15) is 60.3 Å². The minimum atomic E-state index is -0.605. The van der Waals surface area contributed by atoms with E-state index >= 15 is 0 Å². The number of allylic oxidation sites excluding steroid dienone is 1. The highest BCUT2D eigenvalue weighted by Gasteiger charge is 2.35. The van der Waals surface area contributed by atoms with E-state index in [-0.39, 0.29) is 0 Å². The van der Waals surface area contributed by atoms with E-state index in [9.17, 15) is 5.11 Å². The van der Waals surface area contributed by atoms with Crippen LogP contribution in [0, 0.1) is 11.3 Å². The van der Waals surface area contributed by atoms with Gasteiger partial charge in [-0.05, 0) is 43.1 Å². The molecule has 0 fully saturated rings. The average molecular weight is 210 g/mol. The molecule has 0 spiro atoms. The highest BCUT2D eigenvalue weighted by atomic mass is 16.3. The van der Waals surface area contributed by atoms with Gasteiger partial charge in [-0.25, -0.2) is 0 Å². The van der Waals surface area contributed by atoms with Gasteiger partial charge in [-0.15, -0.1) is 0 Å². The summed E-state index contributed by atoms with van der Waals surface area (Å²) >= 11 is 0. The van der Waals surface area contributed by atoms with Crippen molar-refractivity contribution in [3.63, 3.8) is 0 Å². The zero-order valence-corrected chi connectivity index (χ0v) is 10.9. The Labute approximate surface area is 94.6 Å². The van der Waals surface area contributed by atoms with Crippen molar-refractivity contribution in [2.75, 3.05) is 0 Å². The first-order chi connectivity index (χ1) is 6.79. The highest BCUT2D eigenvalue weighted by molar-refractivity contribution is 5.20. The van der Waals surface area contributed by atoms with Crippen LogP contribution < -0.4 is 0 Å². The first-order valence-electron chi connectivity index (χ1n) is 6.21. The molecule has 1 N–H and O–H groups in total. The Kier molecular flexibility index (Phi) is 3.65. The van der Waals surface area contributed by atoms with E-state index in [0.29, 0.717) is 11.3 Å². The Bertz CT molecular complexity index is 248. The minimum absolute atomic E-state index is 0.345. The Hall–Kier alpha value is -0.300. The van der Waals surface area contributed by atoms with Gasteiger partial charge in [-0.3, -0.25) is 0 Å². The summed E-state index contributed by atoms with van der Waals surface area (Å²) in [6.45, 7) is 10.9. The largest absolute Gasteiger partial charge is 0.386 e. The van der Waals surface area contributed by atoms with Crippen LogP contribution in [0.25, 0.3) is 0 Å². The number of hydrogen-bond acceptors (Lipinski definition) is 1. The van der Waals surface area contributed by atoms with Crippen molar-refractivity contribution in [2.45, 2.75) is 65.9 Å². The first kappa shape index (κ1) is 12.8. The van der Waals surface area contributed by atoms with Gasteiger partial charge in [-0.2, -0.15) is 0 Å². The molecular weight excluding hydrogens is 184 g/mol. The molecule has 0 aromatic carbocycles. The molecule has 0 saturated heterocycles. The third kappa shape index (κ3) is 2.84. The first-order valence-corrected chi connectivity index (χ1v) is 6.21. The lowest BCUT2D eigenvalue weighted by Crippen LogP contribution is -2.37. The topological polar surface area (TPSA) is 20.2 Å². The van der Waals surface area contributed by atoms with Crippen LogP contribution in [0.5, 0.6) is 0 Å². The molecule has 0 bridgehead atoms. The summed E-state index contributed by atoms with van der Waals surface area (Å²) < 4.78 is 0. The second-order valence-electron chi connectivity index (χ2n) is 6.07. The van der Waals surface area contributed by atoms with Gasteiger partial charge in [0.25, 0.3) is 0 Å².